The van der Waals surface area contributed by atoms with Crippen LogP contribution in [0.4, 0.5) is 8.78 Å². The molecule has 0 saturated carbocycles. The summed E-state index contributed by atoms with van der Waals surface area (Å²) in [4.78, 5) is 20.9. The van der Waals surface area contributed by atoms with Gasteiger partial charge in [0.05, 0.1) is 12.7 Å². The molecule has 0 aliphatic carbocycles. The van der Waals surface area contributed by atoms with Crippen molar-refractivity contribution in [2.24, 2.45) is 0 Å². The summed E-state index contributed by atoms with van der Waals surface area (Å²) >= 11 is 0. The molecule has 0 heterocycles. The topological polar surface area (TPSA) is 71.3 Å². The molecule has 5 nitrogen and oxygen atoms in total. The molecular formula is C12H12F2N2O3. The quantitative estimate of drug-likeness (QED) is 0.483. The molecule has 0 spiro atoms. The lowest BCUT2D eigenvalue weighted by Gasteiger charge is -2.11. The van der Waals surface area contributed by atoms with E-state index in [1.54, 1.807) is 13.0 Å². The lowest BCUT2D eigenvalue weighted by molar-refractivity contribution is -0.292. The third kappa shape index (κ3) is 4.62. The molecule has 0 saturated heterocycles. The Hall–Kier alpha value is -2.04. The van der Waals surface area contributed by atoms with Gasteiger partial charge >= 0.3 is 0 Å². The number of carbonyl (C=O) groups is 1. The summed E-state index contributed by atoms with van der Waals surface area (Å²) in [7, 11) is 0. The van der Waals surface area contributed by atoms with E-state index in [-0.39, 0.29) is 12.2 Å². The van der Waals surface area contributed by atoms with Crippen molar-refractivity contribution in [3.63, 3.8) is 0 Å². The van der Waals surface area contributed by atoms with Gasteiger partial charge in [0.2, 0.25) is 0 Å². The Morgan fingerprint density at radius 3 is 2.74 bits per heavy atom. The van der Waals surface area contributed by atoms with Crippen molar-refractivity contribution in [1.29, 1.82) is 5.26 Å². The maximum atomic E-state index is 12.9. The Bertz CT molecular complexity index is 488. The second-order valence-corrected chi connectivity index (χ2v) is 3.48. The van der Waals surface area contributed by atoms with Crippen LogP contribution in [0, 0.1) is 23.0 Å². The molecule has 1 atom stereocenters. The molecule has 1 aromatic rings. The monoisotopic (exact) mass is 270 g/mol. The van der Waals surface area contributed by atoms with Gasteiger partial charge in [-0.3, -0.25) is 4.79 Å². The smallest absolute Gasteiger partial charge is 0.252 e. The molecule has 0 fully saturated rings. The standard InChI is InChI=1S/C12H12F2N2O3/c1-2-18-19-7-9(6-15)16-12(17)8-3-4-10(13)11(14)5-8/h3-5,9H,2,7H2,1H3,(H,16,17). The summed E-state index contributed by atoms with van der Waals surface area (Å²) < 4.78 is 25.6. The van der Waals surface area contributed by atoms with Crippen LogP contribution in [0.15, 0.2) is 18.2 Å². The highest BCUT2D eigenvalue weighted by atomic mass is 19.2. The van der Waals surface area contributed by atoms with Crippen LogP contribution in [0.2, 0.25) is 0 Å². The number of carbonyl (C=O) groups excluding carboxylic acids is 1. The molecule has 0 radical (unpaired) electrons. The normalized spacial score (nSPS) is 11.7. The second-order valence-electron chi connectivity index (χ2n) is 3.48. The molecule has 1 unspecified atom stereocenters. The number of nitrogens with one attached hydrogen (secondary N) is 1. The molecule has 1 aromatic carbocycles. The summed E-state index contributed by atoms with van der Waals surface area (Å²) in [6.07, 6.45) is 0. The molecule has 7 heteroatoms. The zero-order chi connectivity index (χ0) is 14.3. The molecule has 1 N–H and O–H groups in total. The Balaban J connectivity index is 2.62. The number of rotatable bonds is 6. The van der Waals surface area contributed by atoms with E-state index in [4.69, 9.17) is 5.26 Å². The predicted molar refractivity (Wildman–Crippen MR) is 60.8 cm³/mol. The minimum Gasteiger partial charge on any atom is -0.334 e. The average molecular weight is 270 g/mol. The zero-order valence-corrected chi connectivity index (χ0v) is 10.2. The van der Waals surface area contributed by atoms with Crippen molar-refractivity contribution in [2.45, 2.75) is 13.0 Å². The van der Waals surface area contributed by atoms with Crippen LogP contribution in [0.1, 0.15) is 17.3 Å². The minimum absolute atomic E-state index is 0.0874. The SMILES string of the molecule is CCOOCC(C#N)NC(=O)c1ccc(F)c(F)c1. The van der Waals surface area contributed by atoms with Gasteiger partial charge in [-0.2, -0.15) is 5.26 Å². The first kappa shape index (κ1) is 15.0. The number of nitrogens with zero attached hydrogens (tertiary/aromatic N) is 1. The first-order chi connectivity index (χ1) is 9.08. The van der Waals surface area contributed by atoms with Crippen LogP contribution in [-0.4, -0.2) is 25.2 Å². The molecule has 0 bridgehead atoms. The van der Waals surface area contributed by atoms with Gasteiger partial charge < -0.3 is 5.32 Å². The highest BCUT2D eigenvalue weighted by Crippen LogP contribution is 2.08. The Morgan fingerprint density at radius 2 is 2.16 bits per heavy atom. The average Bonchev–Trinajstić information content (AvgIpc) is 2.40. The summed E-state index contributed by atoms with van der Waals surface area (Å²) in [6, 6.07) is 3.54. The highest BCUT2D eigenvalue weighted by molar-refractivity contribution is 5.94. The zero-order valence-electron chi connectivity index (χ0n) is 10.2. The van der Waals surface area contributed by atoms with Gasteiger partial charge in [-0.1, -0.05) is 0 Å². The number of amides is 1. The van der Waals surface area contributed by atoms with Gasteiger partial charge in [0.25, 0.3) is 5.91 Å². The van der Waals surface area contributed by atoms with Crippen LogP contribution < -0.4 is 5.32 Å². The molecule has 0 aromatic heterocycles. The fourth-order valence-corrected chi connectivity index (χ4v) is 1.19. The number of hydrogen-bond donors (Lipinski definition) is 1. The van der Waals surface area contributed by atoms with E-state index >= 15 is 0 Å². The molecule has 0 aliphatic rings. The van der Waals surface area contributed by atoms with E-state index in [0.29, 0.717) is 6.61 Å². The van der Waals surface area contributed by atoms with Crippen molar-refractivity contribution in [3.8, 4) is 6.07 Å². The Morgan fingerprint density at radius 1 is 1.42 bits per heavy atom. The molecular weight excluding hydrogens is 258 g/mol. The summed E-state index contributed by atoms with van der Waals surface area (Å²) in [5.74, 6) is -2.88. The third-order valence-electron chi connectivity index (χ3n) is 2.08. The predicted octanol–water partition coefficient (Wildman–Crippen LogP) is 1.55. The molecule has 19 heavy (non-hydrogen) atoms. The number of hydrogen-bond acceptors (Lipinski definition) is 4. The van der Waals surface area contributed by atoms with Gasteiger partial charge in [-0.05, 0) is 25.1 Å². The number of halogens is 2. The van der Waals surface area contributed by atoms with Crippen molar-refractivity contribution in [1.82, 2.24) is 5.32 Å². The van der Waals surface area contributed by atoms with Gasteiger partial charge in [-0.25, -0.2) is 18.6 Å². The van der Waals surface area contributed by atoms with Crippen LogP contribution >= 0.6 is 0 Å². The molecule has 0 aliphatic heterocycles. The maximum Gasteiger partial charge on any atom is 0.252 e. The first-order valence-electron chi connectivity index (χ1n) is 5.48. The van der Waals surface area contributed by atoms with Crippen LogP contribution in [0.25, 0.3) is 0 Å². The van der Waals surface area contributed by atoms with E-state index in [1.165, 1.54) is 0 Å². The molecule has 1 rings (SSSR count). The molecule has 102 valence electrons. The second kappa shape index (κ2) is 7.41. The van der Waals surface area contributed by atoms with Gasteiger partial charge in [0.1, 0.15) is 12.6 Å². The van der Waals surface area contributed by atoms with Gasteiger partial charge in [0.15, 0.2) is 11.6 Å². The summed E-state index contributed by atoms with van der Waals surface area (Å²) in [5.41, 5.74) is -0.0874. The molecule has 1 amide bonds. The van der Waals surface area contributed by atoms with E-state index in [0.717, 1.165) is 18.2 Å². The number of benzene rings is 1. The van der Waals surface area contributed by atoms with E-state index in [2.05, 4.69) is 15.1 Å². The van der Waals surface area contributed by atoms with E-state index in [9.17, 15) is 13.6 Å². The third-order valence-corrected chi connectivity index (χ3v) is 2.08. The largest absolute Gasteiger partial charge is 0.334 e. The van der Waals surface area contributed by atoms with Crippen LogP contribution in [0.3, 0.4) is 0 Å². The number of nitriles is 1. The first-order valence-corrected chi connectivity index (χ1v) is 5.48. The van der Waals surface area contributed by atoms with Crippen LogP contribution in [0.5, 0.6) is 0 Å². The van der Waals surface area contributed by atoms with Crippen LogP contribution in [-0.2, 0) is 9.78 Å². The van der Waals surface area contributed by atoms with Gasteiger partial charge in [0, 0.05) is 5.56 Å². The fourth-order valence-electron chi connectivity index (χ4n) is 1.19. The Labute approximate surface area is 108 Å². The Kier molecular flexibility index (Phi) is 5.85. The fraction of sp³-hybridized carbons (Fsp3) is 0.333. The minimum atomic E-state index is -1.13. The van der Waals surface area contributed by atoms with Gasteiger partial charge in [-0.15, -0.1) is 0 Å². The highest BCUT2D eigenvalue weighted by Gasteiger charge is 2.15. The van der Waals surface area contributed by atoms with Crippen molar-refractivity contribution in [3.05, 3.63) is 35.4 Å². The lowest BCUT2D eigenvalue weighted by Crippen LogP contribution is -2.37. The summed E-state index contributed by atoms with van der Waals surface area (Å²) in [6.45, 7) is 1.83. The maximum absolute atomic E-state index is 12.9. The summed E-state index contributed by atoms with van der Waals surface area (Å²) in [5, 5.41) is 11.1. The van der Waals surface area contributed by atoms with Crippen molar-refractivity contribution >= 4 is 5.91 Å². The van der Waals surface area contributed by atoms with E-state index < -0.39 is 23.6 Å². The van der Waals surface area contributed by atoms with E-state index in [1.807, 2.05) is 0 Å². The van der Waals surface area contributed by atoms with Crippen molar-refractivity contribution in [2.75, 3.05) is 13.2 Å². The van der Waals surface area contributed by atoms with Crippen molar-refractivity contribution < 1.29 is 23.4 Å². The lowest BCUT2D eigenvalue weighted by atomic mass is 10.2.